The van der Waals surface area contributed by atoms with Crippen molar-refractivity contribution in [2.24, 2.45) is 0 Å². The van der Waals surface area contributed by atoms with Crippen molar-refractivity contribution in [1.29, 1.82) is 0 Å². The Bertz CT molecular complexity index is 849. The minimum Gasteiger partial charge on any atom is -0.490 e. The van der Waals surface area contributed by atoms with Crippen LogP contribution in [0.2, 0.25) is 0 Å². The lowest BCUT2D eigenvalue weighted by Crippen LogP contribution is -2.38. The van der Waals surface area contributed by atoms with Gasteiger partial charge in [0.2, 0.25) is 0 Å². The first-order valence-corrected chi connectivity index (χ1v) is 9.62. The molecule has 2 aromatic rings. The summed E-state index contributed by atoms with van der Waals surface area (Å²) in [5.41, 5.74) is 0.305. The van der Waals surface area contributed by atoms with E-state index in [1.807, 2.05) is 13.8 Å². The first kappa shape index (κ1) is 22.8. The molecule has 2 rings (SSSR count). The van der Waals surface area contributed by atoms with Crippen molar-refractivity contribution >= 4 is 17.8 Å². The standard InChI is InChI=1S/C21H26N2O7/c1-4-27-17-9-8-15(11-18(17)28-5-2)21(26)23-13-19(24)30-14(3)20(25)22-12-16-7-6-10-29-16/h6-11,14H,4-5,12-13H2,1-3H3,(H,22,25)(H,23,26)/t14-/m0/s1. The van der Waals surface area contributed by atoms with Crippen LogP contribution in [0.3, 0.4) is 0 Å². The van der Waals surface area contributed by atoms with Crippen molar-refractivity contribution in [2.75, 3.05) is 19.8 Å². The number of carbonyl (C=O) groups is 3. The molecule has 1 aromatic heterocycles. The third kappa shape index (κ3) is 6.84. The van der Waals surface area contributed by atoms with Crippen LogP contribution in [-0.2, 0) is 20.9 Å². The maximum atomic E-state index is 12.3. The van der Waals surface area contributed by atoms with Gasteiger partial charge in [-0.05, 0) is 51.1 Å². The third-order valence-corrected chi connectivity index (χ3v) is 3.89. The zero-order valence-corrected chi connectivity index (χ0v) is 17.2. The summed E-state index contributed by atoms with van der Waals surface area (Å²) in [6.45, 7) is 5.79. The van der Waals surface area contributed by atoms with Crippen LogP contribution < -0.4 is 20.1 Å². The average molecular weight is 418 g/mol. The van der Waals surface area contributed by atoms with Gasteiger partial charge < -0.3 is 29.3 Å². The molecule has 2 amide bonds. The quantitative estimate of drug-likeness (QED) is 0.537. The molecule has 1 aromatic carbocycles. The minimum atomic E-state index is -1.01. The Morgan fingerprint density at radius 1 is 1.03 bits per heavy atom. The van der Waals surface area contributed by atoms with E-state index in [0.717, 1.165) is 0 Å². The fourth-order valence-electron chi connectivity index (χ4n) is 2.47. The average Bonchev–Trinajstić information content (AvgIpc) is 3.25. The van der Waals surface area contributed by atoms with Crippen molar-refractivity contribution in [3.63, 3.8) is 0 Å². The van der Waals surface area contributed by atoms with E-state index >= 15 is 0 Å². The maximum absolute atomic E-state index is 12.3. The lowest BCUT2D eigenvalue weighted by Gasteiger charge is -2.14. The molecule has 2 N–H and O–H groups in total. The van der Waals surface area contributed by atoms with Crippen LogP contribution in [0.1, 0.15) is 36.9 Å². The van der Waals surface area contributed by atoms with E-state index in [2.05, 4.69) is 10.6 Å². The van der Waals surface area contributed by atoms with Gasteiger partial charge in [0, 0.05) is 5.56 Å². The van der Waals surface area contributed by atoms with Gasteiger partial charge in [0.25, 0.3) is 11.8 Å². The van der Waals surface area contributed by atoms with Gasteiger partial charge in [-0.25, -0.2) is 0 Å². The number of ether oxygens (including phenoxy) is 3. The normalized spacial score (nSPS) is 11.3. The molecule has 1 heterocycles. The van der Waals surface area contributed by atoms with Gasteiger partial charge in [0.15, 0.2) is 17.6 Å². The Kier molecular flexibility index (Phi) is 8.74. The zero-order chi connectivity index (χ0) is 21.9. The summed E-state index contributed by atoms with van der Waals surface area (Å²) in [6, 6.07) is 8.16. The van der Waals surface area contributed by atoms with Crippen LogP contribution in [0.15, 0.2) is 41.0 Å². The predicted molar refractivity (Wildman–Crippen MR) is 107 cm³/mol. The summed E-state index contributed by atoms with van der Waals surface area (Å²) < 4.78 is 21.1. The molecule has 0 aliphatic heterocycles. The highest BCUT2D eigenvalue weighted by Crippen LogP contribution is 2.28. The number of hydrogen-bond donors (Lipinski definition) is 2. The monoisotopic (exact) mass is 418 g/mol. The van der Waals surface area contributed by atoms with Crippen LogP contribution in [0, 0.1) is 0 Å². The van der Waals surface area contributed by atoms with E-state index in [1.54, 1.807) is 30.3 Å². The summed E-state index contributed by atoms with van der Waals surface area (Å²) in [5, 5.41) is 5.05. The Labute approximate surface area is 174 Å². The van der Waals surface area contributed by atoms with Gasteiger partial charge in [0.05, 0.1) is 26.0 Å². The second-order valence-corrected chi connectivity index (χ2v) is 6.14. The SMILES string of the molecule is CCOc1ccc(C(=O)NCC(=O)O[C@@H](C)C(=O)NCc2ccco2)cc1OCC. The second-order valence-electron chi connectivity index (χ2n) is 6.14. The molecule has 0 fully saturated rings. The molecule has 0 saturated carbocycles. The summed E-state index contributed by atoms with van der Waals surface area (Å²) in [6.07, 6.45) is 0.481. The van der Waals surface area contributed by atoms with E-state index in [1.165, 1.54) is 13.2 Å². The van der Waals surface area contributed by atoms with Crippen LogP contribution >= 0.6 is 0 Å². The van der Waals surface area contributed by atoms with E-state index in [4.69, 9.17) is 18.6 Å². The lowest BCUT2D eigenvalue weighted by atomic mass is 10.2. The van der Waals surface area contributed by atoms with Crippen molar-refractivity contribution < 1.29 is 33.0 Å². The smallest absolute Gasteiger partial charge is 0.326 e. The van der Waals surface area contributed by atoms with E-state index in [9.17, 15) is 14.4 Å². The topological polar surface area (TPSA) is 116 Å². The Morgan fingerprint density at radius 3 is 2.43 bits per heavy atom. The highest BCUT2D eigenvalue weighted by atomic mass is 16.5. The van der Waals surface area contributed by atoms with Crippen LogP contribution in [0.25, 0.3) is 0 Å². The molecule has 0 unspecified atom stereocenters. The van der Waals surface area contributed by atoms with E-state index < -0.39 is 23.9 Å². The van der Waals surface area contributed by atoms with Crippen LogP contribution in [-0.4, -0.2) is 43.6 Å². The van der Waals surface area contributed by atoms with Crippen molar-refractivity contribution in [1.82, 2.24) is 10.6 Å². The molecule has 9 nitrogen and oxygen atoms in total. The largest absolute Gasteiger partial charge is 0.490 e. The number of carbonyl (C=O) groups excluding carboxylic acids is 3. The van der Waals surface area contributed by atoms with Gasteiger partial charge in [-0.1, -0.05) is 0 Å². The molecule has 1 atom stereocenters. The number of amides is 2. The second kappa shape index (κ2) is 11.5. The molecule has 0 saturated heterocycles. The zero-order valence-electron chi connectivity index (χ0n) is 17.2. The molecule has 0 aliphatic carbocycles. The highest BCUT2D eigenvalue weighted by molar-refractivity contribution is 5.96. The molecule has 0 aliphatic rings. The highest BCUT2D eigenvalue weighted by Gasteiger charge is 2.19. The summed E-state index contributed by atoms with van der Waals surface area (Å²) in [7, 11) is 0. The molecule has 162 valence electrons. The minimum absolute atomic E-state index is 0.185. The van der Waals surface area contributed by atoms with E-state index in [-0.39, 0.29) is 13.1 Å². The Morgan fingerprint density at radius 2 is 1.77 bits per heavy atom. The van der Waals surface area contributed by atoms with Crippen molar-refractivity contribution in [2.45, 2.75) is 33.4 Å². The fraction of sp³-hybridized carbons (Fsp3) is 0.381. The molecular formula is C21H26N2O7. The van der Waals surface area contributed by atoms with Gasteiger partial charge >= 0.3 is 5.97 Å². The van der Waals surface area contributed by atoms with Crippen LogP contribution in [0.4, 0.5) is 0 Å². The Balaban J connectivity index is 1.82. The molecule has 9 heteroatoms. The van der Waals surface area contributed by atoms with E-state index in [0.29, 0.717) is 36.0 Å². The Hall–Kier alpha value is -3.49. The van der Waals surface area contributed by atoms with Gasteiger partial charge in [-0.15, -0.1) is 0 Å². The first-order valence-electron chi connectivity index (χ1n) is 9.62. The van der Waals surface area contributed by atoms with Gasteiger partial charge in [0.1, 0.15) is 12.3 Å². The van der Waals surface area contributed by atoms with Gasteiger partial charge in [-0.3, -0.25) is 14.4 Å². The number of furan rings is 1. The number of nitrogens with one attached hydrogen (secondary N) is 2. The van der Waals surface area contributed by atoms with Gasteiger partial charge in [-0.2, -0.15) is 0 Å². The lowest BCUT2D eigenvalue weighted by molar-refractivity contribution is -0.153. The summed E-state index contributed by atoms with van der Waals surface area (Å²) >= 11 is 0. The molecule has 0 spiro atoms. The van der Waals surface area contributed by atoms with Crippen molar-refractivity contribution in [3.8, 4) is 11.5 Å². The number of rotatable bonds is 11. The fourth-order valence-corrected chi connectivity index (χ4v) is 2.47. The molecular weight excluding hydrogens is 392 g/mol. The summed E-state index contributed by atoms with van der Waals surface area (Å²) in [5.74, 6) is -0.137. The first-order chi connectivity index (χ1) is 14.4. The number of benzene rings is 1. The predicted octanol–water partition coefficient (Wildman–Crippen LogP) is 2.05. The molecule has 0 radical (unpaired) electrons. The number of esters is 1. The maximum Gasteiger partial charge on any atom is 0.326 e. The summed E-state index contributed by atoms with van der Waals surface area (Å²) in [4.78, 5) is 36.3. The third-order valence-electron chi connectivity index (χ3n) is 3.89. The van der Waals surface area contributed by atoms with Crippen molar-refractivity contribution in [3.05, 3.63) is 47.9 Å². The molecule has 0 bridgehead atoms. The van der Waals surface area contributed by atoms with Crippen LogP contribution in [0.5, 0.6) is 11.5 Å². The number of hydrogen-bond acceptors (Lipinski definition) is 7. The molecule has 30 heavy (non-hydrogen) atoms.